The third kappa shape index (κ3) is 5.47. The zero-order valence-corrected chi connectivity index (χ0v) is 8.94. The lowest BCUT2D eigenvalue weighted by atomic mass is 10.3. The van der Waals surface area contributed by atoms with Crippen molar-refractivity contribution in [2.75, 3.05) is 13.1 Å². The van der Waals surface area contributed by atoms with Crippen LogP contribution in [-0.2, 0) is 0 Å². The zero-order valence-electron chi connectivity index (χ0n) is 8.05. The maximum absolute atomic E-state index is 10.9. The lowest BCUT2D eigenvalue weighted by Crippen LogP contribution is -2.28. The van der Waals surface area contributed by atoms with E-state index in [0.29, 0.717) is 0 Å². The lowest BCUT2D eigenvalue weighted by Gasteiger charge is -2.19. The van der Waals surface area contributed by atoms with Gasteiger partial charge in [0.2, 0.25) is 0 Å². The Morgan fingerprint density at radius 1 is 1.17 bits per heavy atom. The van der Waals surface area contributed by atoms with E-state index in [9.17, 15) is 4.79 Å². The highest BCUT2D eigenvalue weighted by molar-refractivity contribution is 7.96. The Hall–Kier alpha value is -0.180. The van der Waals surface area contributed by atoms with E-state index < -0.39 is 0 Å². The van der Waals surface area contributed by atoms with Crippen molar-refractivity contribution in [3.05, 3.63) is 0 Å². The first-order chi connectivity index (χ1) is 5.72. The highest BCUT2D eigenvalue weighted by atomic mass is 32.1. The molecule has 0 aliphatic rings. The van der Waals surface area contributed by atoms with Crippen LogP contribution in [0.15, 0.2) is 0 Å². The lowest BCUT2D eigenvalue weighted by molar-refractivity contribution is 0.221. The predicted molar refractivity (Wildman–Crippen MR) is 55.8 cm³/mol. The van der Waals surface area contributed by atoms with Gasteiger partial charge in [0, 0.05) is 13.1 Å². The molecule has 2 nitrogen and oxygen atoms in total. The molecule has 1 amide bonds. The van der Waals surface area contributed by atoms with Crippen LogP contribution in [0.25, 0.3) is 0 Å². The maximum Gasteiger partial charge on any atom is 0.278 e. The van der Waals surface area contributed by atoms with E-state index in [4.69, 9.17) is 0 Å². The molecule has 0 aliphatic heterocycles. The SMILES string of the molecule is CCCCN(CCCC)C(=O)S. The van der Waals surface area contributed by atoms with Gasteiger partial charge in [-0.15, -0.1) is 0 Å². The first-order valence-electron chi connectivity index (χ1n) is 4.70. The van der Waals surface area contributed by atoms with E-state index in [2.05, 4.69) is 26.5 Å². The molecule has 0 aromatic heterocycles. The van der Waals surface area contributed by atoms with Gasteiger partial charge in [0.15, 0.2) is 0 Å². The Labute approximate surface area is 80.7 Å². The van der Waals surface area contributed by atoms with Crippen LogP contribution in [0.1, 0.15) is 39.5 Å². The van der Waals surface area contributed by atoms with Crippen LogP contribution < -0.4 is 0 Å². The molecule has 0 fully saturated rings. The number of amides is 1. The van der Waals surface area contributed by atoms with Crippen molar-refractivity contribution < 1.29 is 4.79 Å². The van der Waals surface area contributed by atoms with Gasteiger partial charge >= 0.3 is 0 Å². The summed E-state index contributed by atoms with van der Waals surface area (Å²) in [7, 11) is 0. The quantitative estimate of drug-likeness (QED) is 0.637. The van der Waals surface area contributed by atoms with Crippen LogP contribution in [0.3, 0.4) is 0 Å². The molecule has 0 atom stereocenters. The Bertz CT molecular complexity index is 120. The summed E-state index contributed by atoms with van der Waals surface area (Å²) in [5.41, 5.74) is 0. The molecule has 0 spiro atoms. The van der Waals surface area contributed by atoms with Gasteiger partial charge in [-0.2, -0.15) is 0 Å². The number of unbranched alkanes of at least 4 members (excludes halogenated alkanes) is 2. The molecular formula is C9H19NOS. The molecular weight excluding hydrogens is 170 g/mol. The second-order valence-electron chi connectivity index (χ2n) is 2.98. The molecule has 0 bridgehead atoms. The number of nitrogens with zero attached hydrogens (tertiary/aromatic N) is 1. The maximum atomic E-state index is 10.9. The van der Waals surface area contributed by atoms with Gasteiger partial charge in [-0.1, -0.05) is 39.3 Å². The summed E-state index contributed by atoms with van der Waals surface area (Å²) in [6.07, 6.45) is 4.42. The molecule has 0 radical (unpaired) electrons. The normalized spacial score (nSPS) is 9.92. The third-order valence-electron chi connectivity index (χ3n) is 1.83. The van der Waals surface area contributed by atoms with Crippen molar-refractivity contribution in [2.45, 2.75) is 39.5 Å². The van der Waals surface area contributed by atoms with Gasteiger partial charge < -0.3 is 4.90 Å². The standard InChI is InChI=1S/C9H19NOS/c1-3-5-7-10(9(11)12)8-6-4-2/h3-8H2,1-2H3,(H,11,12). The van der Waals surface area contributed by atoms with Crippen molar-refractivity contribution >= 4 is 17.9 Å². The molecule has 3 heteroatoms. The summed E-state index contributed by atoms with van der Waals surface area (Å²) in [4.78, 5) is 12.8. The monoisotopic (exact) mass is 189 g/mol. The van der Waals surface area contributed by atoms with Crippen LogP contribution in [0.2, 0.25) is 0 Å². The second kappa shape index (κ2) is 7.47. The summed E-state index contributed by atoms with van der Waals surface area (Å²) >= 11 is 3.83. The van der Waals surface area contributed by atoms with E-state index in [1.807, 2.05) is 4.90 Å². The molecule has 0 aromatic rings. The summed E-state index contributed by atoms with van der Waals surface area (Å²) in [6.45, 7) is 5.97. The van der Waals surface area contributed by atoms with E-state index >= 15 is 0 Å². The topological polar surface area (TPSA) is 20.3 Å². The fraction of sp³-hybridized carbons (Fsp3) is 0.889. The van der Waals surface area contributed by atoms with E-state index in [1.165, 1.54) is 0 Å². The van der Waals surface area contributed by atoms with Crippen LogP contribution in [0.4, 0.5) is 4.79 Å². The summed E-state index contributed by atoms with van der Waals surface area (Å²) in [6, 6.07) is 0. The molecule has 0 rings (SSSR count). The van der Waals surface area contributed by atoms with Gasteiger partial charge in [-0.25, -0.2) is 0 Å². The third-order valence-corrected chi connectivity index (χ3v) is 2.12. The van der Waals surface area contributed by atoms with Crippen LogP contribution in [-0.4, -0.2) is 23.2 Å². The minimum Gasteiger partial charge on any atom is -0.334 e. The minimum absolute atomic E-state index is 0.0862. The predicted octanol–water partition coefficient (Wildman–Crippen LogP) is 2.94. The van der Waals surface area contributed by atoms with Crippen molar-refractivity contribution in [2.24, 2.45) is 0 Å². The van der Waals surface area contributed by atoms with Gasteiger partial charge in [-0.3, -0.25) is 4.79 Å². The number of carbonyl (C=O) groups excluding carboxylic acids is 1. The van der Waals surface area contributed by atoms with E-state index in [0.717, 1.165) is 38.8 Å². The van der Waals surface area contributed by atoms with E-state index in [1.54, 1.807) is 0 Å². The zero-order chi connectivity index (χ0) is 9.40. The van der Waals surface area contributed by atoms with Gasteiger partial charge in [0.05, 0.1) is 0 Å². The fourth-order valence-corrected chi connectivity index (χ4v) is 1.20. The smallest absolute Gasteiger partial charge is 0.278 e. The Morgan fingerprint density at radius 2 is 1.58 bits per heavy atom. The Kier molecular flexibility index (Phi) is 7.36. The first kappa shape index (κ1) is 11.8. The molecule has 0 saturated carbocycles. The number of hydrogen-bond donors (Lipinski definition) is 1. The largest absolute Gasteiger partial charge is 0.334 e. The second-order valence-corrected chi connectivity index (χ2v) is 3.36. The molecule has 0 saturated heterocycles. The average molecular weight is 189 g/mol. The van der Waals surface area contributed by atoms with Crippen molar-refractivity contribution in [3.8, 4) is 0 Å². The molecule has 0 N–H and O–H groups in total. The van der Waals surface area contributed by atoms with Crippen molar-refractivity contribution in [1.29, 1.82) is 0 Å². The summed E-state index contributed by atoms with van der Waals surface area (Å²) in [5, 5.41) is -0.0862. The van der Waals surface area contributed by atoms with Gasteiger partial charge in [0.25, 0.3) is 5.24 Å². The fourth-order valence-electron chi connectivity index (χ4n) is 1.00. The Morgan fingerprint density at radius 3 is 1.83 bits per heavy atom. The number of thiol groups is 1. The minimum atomic E-state index is -0.0862. The van der Waals surface area contributed by atoms with Crippen molar-refractivity contribution in [3.63, 3.8) is 0 Å². The average Bonchev–Trinajstić information content (AvgIpc) is 2.04. The molecule has 0 aromatic carbocycles. The summed E-state index contributed by atoms with van der Waals surface area (Å²) in [5.74, 6) is 0. The van der Waals surface area contributed by atoms with Gasteiger partial charge in [0.1, 0.15) is 0 Å². The van der Waals surface area contributed by atoms with Crippen LogP contribution in [0, 0.1) is 0 Å². The van der Waals surface area contributed by atoms with Crippen molar-refractivity contribution in [1.82, 2.24) is 4.90 Å². The highest BCUT2D eigenvalue weighted by Gasteiger charge is 2.06. The number of rotatable bonds is 6. The molecule has 0 unspecified atom stereocenters. The summed E-state index contributed by atoms with van der Waals surface area (Å²) < 4.78 is 0. The number of carbonyl (C=O) groups is 1. The molecule has 12 heavy (non-hydrogen) atoms. The van der Waals surface area contributed by atoms with Crippen LogP contribution >= 0.6 is 12.6 Å². The molecule has 72 valence electrons. The molecule has 0 heterocycles. The van der Waals surface area contributed by atoms with Gasteiger partial charge in [-0.05, 0) is 12.8 Å². The molecule has 0 aliphatic carbocycles. The highest BCUT2D eigenvalue weighted by Crippen LogP contribution is 2.02. The Balaban J connectivity index is 3.62. The first-order valence-corrected chi connectivity index (χ1v) is 5.15. The number of hydrogen-bond acceptors (Lipinski definition) is 1. The van der Waals surface area contributed by atoms with Crippen LogP contribution in [0.5, 0.6) is 0 Å². The van der Waals surface area contributed by atoms with E-state index in [-0.39, 0.29) is 5.24 Å².